The highest BCUT2D eigenvalue weighted by atomic mass is 35.5. The fraction of sp³-hybridized carbons (Fsp3) is 0.364. The Morgan fingerprint density at radius 2 is 2.20 bits per heavy atom. The highest BCUT2D eigenvalue weighted by Crippen LogP contribution is 2.20. The van der Waals surface area contributed by atoms with Gasteiger partial charge in [0.15, 0.2) is 0 Å². The van der Waals surface area contributed by atoms with Crippen LogP contribution in [0.4, 0.5) is 0 Å². The minimum atomic E-state index is -0.347. The molecule has 4 heteroatoms. The first-order chi connectivity index (χ1) is 7.19. The van der Waals surface area contributed by atoms with Crippen molar-refractivity contribution in [2.45, 2.75) is 19.2 Å². The molecular weight excluding hydrogens is 235 g/mol. The zero-order chi connectivity index (χ0) is 11.3. The fourth-order valence-electron chi connectivity index (χ4n) is 1.06. The predicted octanol–water partition coefficient (Wildman–Crippen LogP) is 3.65. The maximum atomic E-state index is 11.4. The quantitative estimate of drug-likeness (QED) is 0.599. The van der Waals surface area contributed by atoms with Crippen molar-refractivity contribution in [2.75, 3.05) is 6.61 Å². The summed E-state index contributed by atoms with van der Waals surface area (Å²) in [6.07, 6.45) is 0.805. The molecule has 0 saturated heterocycles. The Morgan fingerprint density at radius 1 is 1.47 bits per heavy atom. The minimum Gasteiger partial charge on any atom is -0.462 e. The van der Waals surface area contributed by atoms with E-state index in [9.17, 15) is 4.79 Å². The van der Waals surface area contributed by atoms with Crippen molar-refractivity contribution < 1.29 is 9.53 Å². The summed E-state index contributed by atoms with van der Waals surface area (Å²) >= 11 is 11.6. The number of hydrogen-bond acceptors (Lipinski definition) is 2. The molecule has 0 bridgehead atoms. The molecule has 0 N–H and O–H groups in total. The number of esters is 1. The molecule has 0 atom stereocenters. The second-order valence-electron chi connectivity index (χ2n) is 3.08. The molecule has 1 aromatic carbocycles. The number of alkyl halides is 1. The van der Waals surface area contributed by atoms with E-state index in [2.05, 4.69) is 0 Å². The topological polar surface area (TPSA) is 26.3 Å². The molecule has 0 saturated carbocycles. The van der Waals surface area contributed by atoms with Gasteiger partial charge in [-0.05, 0) is 24.1 Å². The zero-order valence-corrected chi connectivity index (χ0v) is 9.94. The molecule has 0 aliphatic carbocycles. The molecule has 1 aromatic rings. The summed E-state index contributed by atoms with van der Waals surface area (Å²) in [4.78, 5) is 11.4. The minimum absolute atomic E-state index is 0.336. The summed E-state index contributed by atoms with van der Waals surface area (Å²) in [5.41, 5.74) is 1.27. The van der Waals surface area contributed by atoms with Gasteiger partial charge in [0.05, 0.1) is 12.2 Å². The summed E-state index contributed by atoms with van der Waals surface area (Å²) in [5, 5.41) is 0.496. The first-order valence-corrected chi connectivity index (χ1v) is 5.61. The standard InChI is InChI=1S/C11H12Cl2O2/c1-2-5-15-11(14)8-3-4-9(7-12)10(13)6-8/h3-4,6H,2,5,7H2,1H3. The normalized spacial score (nSPS) is 10.1. The molecule has 0 heterocycles. The van der Waals surface area contributed by atoms with Gasteiger partial charge < -0.3 is 4.74 Å². The van der Waals surface area contributed by atoms with Crippen molar-refractivity contribution in [3.8, 4) is 0 Å². The zero-order valence-electron chi connectivity index (χ0n) is 8.43. The lowest BCUT2D eigenvalue weighted by atomic mass is 10.1. The van der Waals surface area contributed by atoms with Gasteiger partial charge >= 0.3 is 5.97 Å². The molecule has 0 spiro atoms. The number of carbonyl (C=O) groups is 1. The average Bonchev–Trinajstić information content (AvgIpc) is 2.25. The molecule has 1 rings (SSSR count). The molecule has 0 fully saturated rings. The summed E-state index contributed by atoms with van der Waals surface area (Å²) in [6, 6.07) is 4.98. The lowest BCUT2D eigenvalue weighted by molar-refractivity contribution is 0.0505. The SMILES string of the molecule is CCCOC(=O)c1ccc(CCl)c(Cl)c1. The van der Waals surface area contributed by atoms with Crippen molar-refractivity contribution in [1.29, 1.82) is 0 Å². The summed E-state index contributed by atoms with van der Waals surface area (Å²) in [6.45, 7) is 2.37. The van der Waals surface area contributed by atoms with E-state index in [1.165, 1.54) is 0 Å². The van der Waals surface area contributed by atoms with Crippen LogP contribution in [0.5, 0.6) is 0 Å². The van der Waals surface area contributed by atoms with E-state index >= 15 is 0 Å². The third kappa shape index (κ3) is 3.40. The van der Waals surface area contributed by atoms with Crippen molar-refractivity contribution in [3.63, 3.8) is 0 Å². The lowest BCUT2D eigenvalue weighted by Crippen LogP contribution is -2.05. The van der Waals surface area contributed by atoms with E-state index in [1.807, 2.05) is 6.92 Å². The molecular formula is C11H12Cl2O2. The second kappa shape index (κ2) is 5.99. The van der Waals surface area contributed by atoms with E-state index < -0.39 is 0 Å². The van der Waals surface area contributed by atoms with Crippen molar-refractivity contribution in [2.24, 2.45) is 0 Å². The number of ether oxygens (including phenoxy) is 1. The third-order valence-electron chi connectivity index (χ3n) is 1.87. The van der Waals surface area contributed by atoms with Crippen LogP contribution in [-0.2, 0) is 10.6 Å². The first-order valence-electron chi connectivity index (χ1n) is 4.70. The third-order valence-corrected chi connectivity index (χ3v) is 2.51. The number of halogens is 2. The van der Waals surface area contributed by atoms with E-state index in [-0.39, 0.29) is 5.97 Å². The maximum Gasteiger partial charge on any atom is 0.338 e. The molecule has 0 aliphatic rings. The van der Waals surface area contributed by atoms with Gasteiger partial charge in [0, 0.05) is 10.9 Å². The molecule has 0 unspecified atom stereocenters. The Bertz CT molecular complexity index is 350. The van der Waals surface area contributed by atoms with Crippen LogP contribution in [0, 0.1) is 0 Å². The van der Waals surface area contributed by atoms with Gasteiger partial charge in [-0.1, -0.05) is 24.6 Å². The van der Waals surface area contributed by atoms with Crippen LogP contribution < -0.4 is 0 Å². The number of benzene rings is 1. The van der Waals surface area contributed by atoms with E-state index in [0.717, 1.165) is 12.0 Å². The summed E-state index contributed by atoms with van der Waals surface area (Å²) < 4.78 is 4.98. The highest BCUT2D eigenvalue weighted by Gasteiger charge is 2.08. The number of rotatable bonds is 4. The number of hydrogen-bond donors (Lipinski definition) is 0. The van der Waals surface area contributed by atoms with E-state index in [4.69, 9.17) is 27.9 Å². The molecule has 2 nitrogen and oxygen atoms in total. The Hall–Kier alpha value is -0.730. The summed E-state index contributed by atoms with van der Waals surface area (Å²) in [5.74, 6) is -0.0109. The van der Waals surface area contributed by atoms with Crippen molar-refractivity contribution in [1.82, 2.24) is 0 Å². The van der Waals surface area contributed by atoms with Gasteiger partial charge in [-0.3, -0.25) is 0 Å². The molecule has 0 radical (unpaired) electrons. The second-order valence-corrected chi connectivity index (χ2v) is 3.75. The van der Waals surface area contributed by atoms with E-state index in [1.54, 1.807) is 18.2 Å². The van der Waals surface area contributed by atoms with Crippen LogP contribution in [0.15, 0.2) is 18.2 Å². The van der Waals surface area contributed by atoms with Gasteiger partial charge in [-0.25, -0.2) is 4.79 Å². The van der Waals surface area contributed by atoms with Crippen molar-refractivity contribution >= 4 is 29.2 Å². The van der Waals surface area contributed by atoms with Gasteiger partial charge in [-0.2, -0.15) is 0 Å². The van der Waals surface area contributed by atoms with Gasteiger partial charge in [0.25, 0.3) is 0 Å². The van der Waals surface area contributed by atoms with Crippen LogP contribution >= 0.6 is 23.2 Å². The van der Waals surface area contributed by atoms with Gasteiger partial charge in [0.2, 0.25) is 0 Å². The molecule has 0 aromatic heterocycles. The Labute approximate surface area is 99.1 Å². The van der Waals surface area contributed by atoms with Crippen LogP contribution in [0.2, 0.25) is 5.02 Å². The van der Waals surface area contributed by atoms with Gasteiger partial charge in [0.1, 0.15) is 0 Å². The largest absolute Gasteiger partial charge is 0.462 e. The molecule has 82 valence electrons. The maximum absolute atomic E-state index is 11.4. The summed E-state index contributed by atoms with van der Waals surface area (Å²) in [7, 11) is 0. The molecule has 0 amide bonds. The molecule has 15 heavy (non-hydrogen) atoms. The van der Waals surface area contributed by atoms with Crippen LogP contribution in [0.1, 0.15) is 29.3 Å². The average molecular weight is 247 g/mol. The Morgan fingerprint density at radius 3 is 2.73 bits per heavy atom. The monoisotopic (exact) mass is 246 g/mol. The van der Waals surface area contributed by atoms with Crippen molar-refractivity contribution in [3.05, 3.63) is 34.3 Å². The van der Waals surface area contributed by atoms with Gasteiger partial charge in [-0.15, -0.1) is 11.6 Å². The Balaban J connectivity index is 2.78. The first kappa shape index (κ1) is 12.3. The van der Waals surface area contributed by atoms with Crippen LogP contribution in [0.3, 0.4) is 0 Å². The lowest BCUT2D eigenvalue weighted by Gasteiger charge is -2.05. The Kier molecular flexibility index (Phi) is 4.92. The van der Waals surface area contributed by atoms with Crippen LogP contribution in [-0.4, -0.2) is 12.6 Å². The van der Waals surface area contributed by atoms with E-state index in [0.29, 0.717) is 23.1 Å². The predicted molar refractivity (Wildman–Crippen MR) is 61.6 cm³/mol. The number of carbonyl (C=O) groups excluding carboxylic acids is 1. The fourth-order valence-corrected chi connectivity index (χ4v) is 1.61. The van der Waals surface area contributed by atoms with Crippen LogP contribution in [0.25, 0.3) is 0 Å². The molecule has 0 aliphatic heterocycles. The highest BCUT2D eigenvalue weighted by molar-refractivity contribution is 6.32. The smallest absolute Gasteiger partial charge is 0.338 e.